The molecule has 0 bridgehead atoms. The normalized spacial score (nSPS) is 10.3. The molecule has 0 spiro atoms. The Labute approximate surface area is 97.0 Å². The lowest BCUT2D eigenvalue weighted by atomic mass is 10.2. The third kappa shape index (κ3) is 5.05. The third-order valence-corrected chi connectivity index (χ3v) is 3.25. The zero-order valence-electron chi connectivity index (χ0n) is 9.55. The van der Waals surface area contributed by atoms with E-state index >= 15 is 0 Å². The molecule has 1 aromatic carbocycles. The Kier molecular flexibility index (Phi) is 5.51. The highest BCUT2D eigenvalue weighted by Crippen LogP contribution is 2.19. The number of benzene rings is 1. The molecule has 0 unspecified atom stereocenters. The fourth-order valence-electron chi connectivity index (χ4n) is 1.17. The van der Waals surface area contributed by atoms with Crippen molar-refractivity contribution in [3.05, 3.63) is 42.0 Å². The molecule has 15 heavy (non-hydrogen) atoms. The van der Waals surface area contributed by atoms with Crippen LogP contribution in [0.3, 0.4) is 0 Å². The maximum Gasteiger partial charge on any atom is 0.0200 e. The standard InChI is InChI=1S/C13H19NS/c1-4-14-9-12(3)10-15-13-7-5-11(2)6-8-13/h5-8,14H,3-4,9-10H2,1-2H3. The monoisotopic (exact) mass is 221 g/mol. The Morgan fingerprint density at radius 3 is 2.60 bits per heavy atom. The number of thioether (sulfide) groups is 1. The SMILES string of the molecule is C=C(CNCC)CSc1ccc(C)cc1. The van der Waals surface area contributed by atoms with Gasteiger partial charge in [-0.1, -0.05) is 36.8 Å². The first-order valence-electron chi connectivity index (χ1n) is 5.29. The maximum absolute atomic E-state index is 4.04. The molecule has 0 heterocycles. The molecule has 0 aromatic heterocycles. The number of rotatable bonds is 6. The molecule has 1 aromatic rings. The van der Waals surface area contributed by atoms with Crippen molar-refractivity contribution in [2.75, 3.05) is 18.8 Å². The predicted molar refractivity (Wildman–Crippen MR) is 69.6 cm³/mol. The molecule has 0 aliphatic carbocycles. The van der Waals surface area contributed by atoms with Crippen LogP contribution in [0.15, 0.2) is 41.3 Å². The minimum atomic E-state index is 0.926. The quantitative estimate of drug-likeness (QED) is 0.584. The van der Waals surface area contributed by atoms with E-state index in [0.29, 0.717) is 0 Å². The van der Waals surface area contributed by atoms with E-state index in [1.807, 2.05) is 11.8 Å². The van der Waals surface area contributed by atoms with Gasteiger partial charge in [0.15, 0.2) is 0 Å². The Balaban J connectivity index is 2.30. The lowest BCUT2D eigenvalue weighted by molar-refractivity contribution is 0.779. The number of hydrogen-bond acceptors (Lipinski definition) is 2. The second kappa shape index (κ2) is 6.70. The number of likely N-dealkylation sites (N-methyl/N-ethyl adjacent to an activating group) is 1. The highest BCUT2D eigenvalue weighted by Gasteiger charge is 1.96. The van der Waals surface area contributed by atoms with Crippen LogP contribution in [-0.4, -0.2) is 18.8 Å². The van der Waals surface area contributed by atoms with Gasteiger partial charge >= 0.3 is 0 Å². The minimum absolute atomic E-state index is 0.926. The highest BCUT2D eigenvalue weighted by molar-refractivity contribution is 7.99. The molecule has 0 amide bonds. The van der Waals surface area contributed by atoms with E-state index in [2.05, 4.69) is 50.0 Å². The van der Waals surface area contributed by atoms with Gasteiger partial charge in [0.2, 0.25) is 0 Å². The molecule has 0 atom stereocenters. The van der Waals surface area contributed by atoms with E-state index in [-0.39, 0.29) is 0 Å². The average molecular weight is 221 g/mol. The molecule has 1 nitrogen and oxygen atoms in total. The molecule has 0 saturated carbocycles. The predicted octanol–water partition coefficient (Wildman–Crippen LogP) is 3.25. The largest absolute Gasteiger partial charge is 0.313 e. The zero-order valence-corrected chi connectivity index (χ0v) is 10.4. The van der Waals surface area contributed by atoms with Crippen molar-refractivity contribution >= 4 is 11.8 Å². The third-order valence-electron chi connectivity index (χ3n) is 2.09. The number of aryl methyl sites for hydroxylation is 1. The summed E-state index contributed by atoms with van der Waals surface area (Å²) in [6.07, 6.45) is 0. The topological polar surface area (TPSA) is 12.0 Å². The first-order valence-corrected chi connectivity index (χ1v) is 6.27. The van der Waals surface area contributed by atoms with E-state index in [1.54, 1.807) is 0 Å². The summed E-state index contributed by atoms with van der Waals surface area (Å²) in [5, 5.41) is 3.28. The van der Waals surface area contributed by atoms with Gasteiger partial charge in [0.25, 0.3) is 0 Å². The Hall–Kier alpha value is -0.730. The van der Waals surface area contributed by atoms with Crippen LogP contribution >= 0.6 is 11.8 Å². The second-order valence-corrected chi connectivity index (χ2v) is 4.68. The smallest absolute Gasteiger partial charge is 0.0200 e. The second-order valence-electron chi connectivity index (χ2n) is 3.63. The summed E-state index contributed by atoms with van der Waals surface area (Å²) in [5.41, 5.74) is 2.56. The van der Waals surface area contributed by atoms with Crippen molar-refractivity contribution < 1.29 is 0 Å². The van der Waals surface area contributed by atoms with E-state index in [4.69, 9.17) is 0 Å². The molecule has 0 radical (unpaired) electrons. The summed E-state index contributed by atoms with van der Waals surface area (Å²) in [7, 11) is 0. The molecular weight excluding hydrogens is 202 g/mol. The molecule has 0 saturated heterocycles. The minimum Gasteiger partial charge on any atom is -0.313 e. The first kappa shape index (κ1) is 12.3. The van der Waals surface area contributed by atoms with E-state index in [1.165, 1.54) is 16.0 Å². The van der Waals surface area contributed by atoms with Crippen molar-refractivity contribution in [2.45, 2.75) is 18.7 Å². The highest BCUT2D eigenvalue weighted by atomic mass is 32.2. The molecule has 0 fully saturated rings. The zero-order chi connectivity index (χ0) is 11.1. The number of hydrogen-bond donors (Lipinski definition) is 1. The van der Waals surface area contributed by atoms with Crippen molar-refractivity contribution in [3.8, 4) is 0 Å². The number of nitrogens with one attached hydrogen (secondary N) is 1. The van der Waals surface area contributed by atoms with Crippen LogP contribution in [0.25, 0.3) is 0 Å². The molecule has 1 N–H and O–H groups in total. The van der Waals surface area contributed by atoms with Gasteiger partial charge in [0, 0.05) is 17.2 Å². The van der Waals surface area contributed by atoms with Crippen LogP contribution in [0.4, 0.5) is 0 Å². The molecule has 0 aliphatic rings. The van der Waals surface area contributed by atoms with Gasteiger partial charge in [-0.25, -0.2) is 0 Å². The summed E-state index contributed by atoms with van der Waals surface area (Å²) < 4.78 is 0. The van der Waals surface area contributed by atoms with Gasteiger partial charge in [-0.3, -0.25) is 0 Å². The lowest BCUT2D eigenvalue weighted by Crippen LogP contribution is -2.16. The Morgan fingerprint density at radius 1 is 1.33 bits per heavy atom. The summed E-state index contributed by atoms with van der Waals surface area (Å²) in [6.45, 7) is 10.2. The van der Waals surface area contributed by atoms with Gasteiger partial charge in [-0.05, 0) is 25.6 Å². The Bertz CT molecular complexity index is 303. The van der Waals surface area contributed by atoms with E-state index in [9.17, 15) is 0 Å². The van der Waals surface area contributed by atoms with Gasteiger partial charge in [-0.2, -0.15) is 0 Å². The lowest BCUT2D eigenvalue weighted by Gasteiger charge is -2.06. The van der Waals surface area contributed by atoms with Crippen molar-refractivity contribution in [1.29, 1.82) is 0 Å². The van der Waals surface area contributed by atoms with Gasteiger partial charge in [0.05, 0.1) is 0 Å². The van der Waals surface area contributed by atoms with Crippen LogP contribution in [-0.2, 0) is 0 Å². The van der Waals surface area contributed by atoms with E-state index in [0.717, 1.165) is 18.8 Å². The first-order chi connectivity index (χ1) is 7.22. The fourth-order valence-corrected chi connectivity index (χ4v) is 1.97. The Morgan fingerprint density at radius 2 is 2.00 bits per heavy atom. The summed E-state index contributed by atoms with van der Waals surface area (Å²) in [5.74, 6) is 0.996. The molecule has 1 rings (SSSR count). The molecular formula is C13H19NS. The summed E-state index contributed by atoms with van der Waals surface area (Å²) >= 11 is 1.85. The molecule has 2 heteroatoms. The van der Waals surface area contributed by atoms with E-state index < -0.39 is 0 Å². The fraction of sp³-hybridized carbons (Fsp3) is 0.385. The summed E-state index contributed by atoms with van der Waals surface area (Å²) in [4.78, 5) is 1.32. The van der Waals surface area contributed by atoms with Crippen LogP contribution in [0.1, 0.15) is 12.5 Å². The van der Waals surface area contributed by atoms with Gasteiger partial charge in [-0.15, -0.1) is 11.8 Å². The molecule has 0 aliphatic heterocycles. The van der Waals surface area contributed by atoms with Crippen molar-refractivity contribution in [1.82, 2.24) is 5.32 Å². The van der Waals surface area contributed by atoms with Crippen molar-refractivity contribution in [2.24, 2.45) is 0 Å². The van der Waals surface area contributed by atoms with Crippen LogP contribution in [0.5, 0.6) is 0 Å². The van der Waals surface area contributed by atoms with Gasteiger partial charge in [0.1, 0.15) is 0 Å². The summed E-state index contributed by atoms with van der Waals surface area (Å²) in [6, 6.07) is 8.63. The van der Waals surface area contributed by atoms with Crippen LogP contribution in [0.2, 0.25) is 0 Å². The molecule has 82 valence electrons. The van der Waals surface area contributed by atoms with Crippen LogP contribution in [0, 0.1) is 6.92 Å². The van der Waals surface area contributed by atoms with Gasteiger partial charge < -0.3 is 5.32 Å². The van der Waals surface area contributed by atoms with Crippen LogP contribution < -0.4 is 5.32 Å². The average Bonchev–Trinajstić information content (AvgIpc) is 2.25. The maximum atomic E-state index is 4.04. The van der Waals surface area contributed by atoms with Crippen molar-refractivity contribution in [3.63, 3.8) is 0 Å².